The number of likely N-dealkylation sites (N-methyl/N-ethyl adjacent to an activating group) is 2. The second-order valence-corrected chi connectivity index (χ2v) is 17.6. The summed E-state index contributed by atoms with van der Waals surface area (Å²) in [6.45, 7) is 11.0. The Bertz CT molecular complexity index is 1330. The molecule has 0 spiro atoms. The Morgan fingerprint density at radius 2 is 1.59 bits per heavy atom. The molecular formula is C43H74N2O13. The van der Waals surface area contributed by atoms with E-state index in [1.807, 2.05) is 57.1 Å². The third kappa shape index (κ3) is 13.1. The second-order valence-electron chi connectivity index (χ2n) is 17.6. The number of carbonyl (C=O) groups is 2. The summed E-state index contributed by atoms with van der Waals surface area (Å²) in [6.07, 6.45) is 2.68. The number of methoxy groups -OCH3 is 1. The third-order valence-electron chi connectivity index (χ3n) is 12.3. The lowest BCUT2D eigenvalue weighted by molar-refractivity contribution is -0.342. The topological polar surface area (TPSA) is 175 Å². The van der Waals surface area contributed by atoms with Crippen LogP contribution in [0.2, 0.25) is 0 Å². The summed E-state index contributed by atoms with van der Waals surface area (Å²) in [6, 6.07) is -0.370. The molecule has 4 heterocycles. The van der Waals surface area contributed by atoms with Crippen molar-refractivity contribution in [1.29, 1.82) is 0 Å². The maximum atomic E-state index is 13.0. The fourth-order valence-corrected chi connectivity index (χ4v) is 9.04. The molecule has 0 aromatic heterocycles. The van der Waals surface area contributed by atoms with Crippen molar-refractivity contribution in [2.24, 2.45) is 11.8 Å². The summed E-state index contributed by atoms with van der Waals surface area (Å²) in [5.74, 6) is -0.946. The van der Waals surface area contributed by atoms with Gasteiger partial charge in [0.1, 0.15) is 30.7 Å². The molecule has 4 aliphatic heterocycles. The Labute approximate surface area is 346 Å². The Morgan fingerprint density at radius 1 is 0.879 bits per heavy atom. The quantitative estimate of drug-likeness (QED) is 0.204. The summed E-state index contributed by atoms with van der Waals surface area (Å²) < 4.78 is 50.4. The first-order chi connectivity index (χ1) is 27.4. The molecule has 0 radical (unpaired) electrons. The Balaban J connectivity index is 1.63. The summed E-state index contributed by atoms with van der Waals surface area (Å²) in [7, 11) is 9.29. The predicted molar refractivity (Wildman–Crippen MR) is 215 cm³/mol. The smallest absolute Gasteiger partial charge is 0.306 e. The lowest BCUT2D eigenvalue weighted by atomic mass is 9.83. The number of nitrogens with zero attached hydrogens (tertiary/aromatic N) is 2. The highest BCUT2D eigenvalue weighted by atomic mass is 16.7. The molecular weight excluding hydrogens is 752 g/mol. The molecule has 0 unspecified atom stereocenters. The van der Waals surface area contributed by atoms with Crippen LogP contribution < -0.4 is 0 Å². The average molecular weight is 827 g/mol. The number of cyclic esters (lactones) is 1. The first-order valence-corrected chi connectivity index (χ1v) is 21.2. The zero-order valence-corrected chi connectivity index (χ0v) is 36.7. The number of hydrogen-bond donors (Lipinski definition) is 3. The van der Waals surface area contributed by atoms with Crippen LogP contribution in [0.15, 0.2) is 24.3 Å². The Hall–Kier alpha value is -1.86. The van der Waals surface area contributed by atoms with Crippen molar-refractivity contribution in [2.75, 3.05) is 35.3 Å². The van der Waals surface area contributed by atoms with Gasteiger partial charge in [-0.05, 0) is 100 Å². The predicted octanol–water partition coefficient (Wildman–Crippen LogP) is 3.35. The van der Waals surface area contributed by atoms with Crippen molar-refractivity contribution >= 4 is 12.3 Å². The molecule has 4 rings (SSSR count). The van der Waals surface area contributed by atoms with Crippen molar-refractivity contribution in [3.63, 3.8) is 0 Å². The molecule has 334 valence electrons. The van der Waals surface area contributed by atoms with Gasteiger partial charge in [-0.3, -0.25) is 4.79 Å². The van der Waals surface area contributed by atoms with Gasteiger partial charge in [0.2, 0.25) is 0 Å². The molecule has 4 aliphatic rings. The van der Waals surface area contributed by atoms with Gasteiger partial charge in [-0.1, -0.05) is 31.2 Å². The van der Waals surface area contributed by atoms with Crippen LogP contribution in [0.3, 0.4) is 0 Å². The average Bonchev–Trinajstić information content (AvgIpc) is 3.13. The maximum absolute atomic E-state index is 13.0. The van der Waals surface area contributed by atoms with Gasteiger partial charge in [-0.2, -0.15) is 0 Å². The monoisotopic (exact) mass is 827 g/mol. The molecule has 3 fully saturated rings. The molecule has 18 atom stereocenters. The number of carbonyl (C=O) groups excluding carboxylic acids is 2. The third-order valence-corrected chi connectivity index (χ3v) is 12.3. The van der Waals surface area contributed by atoms with Gasteiger partial charge in [-0.25, -0.2) is 0 Å². The van der Waals surface area contributed by atoms with Gasteiger partial charge < -0.3 is 67.8 Å². The molecule has 0 bridgehead atoms. The number of esters is 1. The standard InChI is InChI=1S/C43H74N2O13/c1-25-23-30(21-22-46)40(58-42-38(48)37(45(9)10)39(28(4)55-42)57-36-24-43(6,50)41(49)29(5)54-36)33(51-11)18-19-34(47)52-26(2)15-13-12-14-16-32(25)56-35-20-17-31(44(7)8)27(3)53-35/h12-14,16,22,25-33,35-42,48-50H,15,17-21,23-24H2,1-11H3/b13-12+,16-14+/t25-,26-,27-,28-,29+,30+,31+,32+,33+,35+,36+,37-,38-,39-,40-,41+,42-,43-/m1/s1. The minimum absolute atomic E-state index is 0.0148. The number of aliphatic hydroxyl groups is 3. The van der Waals surface area contributed by atoms with Gasteiger partial charge in [0, 0.05) is 38.8 Å². The maximum Gasteiger partial charge on any atom is 0.306 e. The number of rotatable bonds is 11. The number of aldehydes is 1. The summed E-state index contributed by atoms with van der Waals surface area (Å²) in [5, 5.41) is 33.4. The lowest BCUT2D eigenvalue weighted by Crippen LogP contribution is -2.65. The summed E-state index contributed by atoms with van der Waals surface area (Å²) >= 11 is 0. The molecule has 3 N–H and O–H groups in total. The van der Waals surface area contributed by atoms with Crippen LogP contribution in [0.1, 0.15) is 92.9 Å². The highest BCUT2D eigenvalue weighted by Crippen LogP contribution is 2.37. The van der Waals surface area contributed by atoms with Crippen LogP contribution in [0.5, 0.6) is 0 Å². The van der Waals surface area contributed by atoms with Gasteiger partial charge in [0.05, 0.1) is 48.3 Å². The van der Waals surface area contributed by atoms with Crippen molar-refractivity contribution in [2.45, 2.75) is 191 Å². The van der Waals surface area contributed by atoms with E-state index >= 15 is 0 Å². The molecule has 15 heteroatoms. The van der Waals surface area contributed by atoms with Crippen LogP contribution in [0.4, 0.5) is 0 Å². The van der Waals surface area contributed by atoms with Gasteiger partial charge in [0.25, 0.3) is 0 Å². The summed E-state index contributed by atoms with van der Waals surface area (Å²) in [4.78, 5) is 29.5. The first kappa shape index (κ1) is 48.8. The normalized spacial score (nSPS) is 45.1. The molecule has 58 heavy (non-hydrogen) atoms. The molecule has 3 saturated heterocycles. The fourth-order valence-electron chi connectivity index (χ4n) is 9.04. The van der Waals surface area contributed by atoms with E-state index in [0.717, 1.165) is 19.1 Å². The minimum atomic E-state index is -1.44. The van der Waals surface area contributed by atoms with E-state index < -0.39 is 79.2 Å². The van der Waals surface area contributed by atoms with E-state index in [4.69, 9.17) is 37.9 Å². The molecule has 15 nitrogen and oxygen atoms in total. The molecule has 0 aliphatic carbocycles. The van der Waals surface area contributed by atoms with Crippen LogP contribution in [0, 0.1) is 11.8 Å². The summed E-state index contributed by atoms with van der Waals surface area (Å²) in [5.41, 5.74) is -1.44. The molecule has 0 amide bonds. The largest absolute Gasteiger partial charge is 0.462 e. The van der Waals surface area contributed by atoms with Crippen LogP contribution in [-0.2, 0) is 47.5 Å². The van der Waals surface area contributed by atoms with Gasteiger partial charge >= 0.3 is 5.97 Å². The second kappa shape index (κ2) is 22.3. The minimum Gasteiger partial charge on any atom is -0.462 e. The highest BCUT2D eigenvalue weighted by Gasteiger charge is 2.51. The van der Waals surface area contributed by atoms with Crippen molar-refractivity contribution in [3.05, 3.63) is 24.3 Å². The fraction of sp³-hybridized carbons (Fsp3) is 0.860. The van der Waals surface area contributed by atoms with Gasteiger partial charge in [-0.15, -0.1) is 0 Å². The number of allylic oxidation sites excluding steroid dienone is 2. The van der Waals surface area contributed by atoms with Crippen LogP contribution >= 0.6 is 0 Å². The Morgan fingerprint density at radius 3 is 2.21 bits per heavy atom. The number of ether oxygens (including phenoxy) is 8. The number of hydrogen-bond acceptors (Lipinski definition) is 15. The number of aliphatic hydroxyl groups excluding tert-OH is 2. The van der Waals surface area contributed by atoms with E-state index in [1.54, 1.807) is 21.0 Å². The van der Waals surface area contributed by atoms with Crippen LogP contribution in [0.25, 0.3) is 0 Å². The highest BCUT2D eigenvalue weighted by molar-refractivity contribution is 5.69. The zero-order chi connectivity index (χ0) is 42.9. The SMILES string of the molecule is CO[C@H]1CCC(=O)O[C@H](C)C/C=C/C=C/[C@H](O[C@H]2CC[C@H](N(C)C)[C@@H](C)O2)[C@H](C)C[C@H](CC=O)[C@H]1O[C@H]1O[C@H](C)[C@@H](O[C@H]2C[C@@](C)(O)[C@@H](O)[C@H](C)O2)[C@H](N(C)C)[C@H]1O. The van der Waals surface area contributed by atoms with E-state index in [9.17, 15) is 24.9 Å². The van der Waals surface area contributed by atoms with E-state index in [-0.39, 0.29) is 61.9 Å². The van der Waals surface area contributed by atoms with Crippen molar-refractivity contribution in [1.82, 2.24) is 9.80 Å². The van der Waals surface area contributed by atoms with Crippen LogP contribution in [-0.4, -0.2) is 170 Å². The first-order valence-electron chi connectivity index (χ1n) is 21.2. The van der Waals surface area contributed by atoms with E-state index in [2.05, 4.69) is 32.8 Å². The molecule has 0 aromatic carbocycles. The van der Waals surface area contributed by atoms with Gasteiger partial charge in [0.15, 0.2) is 18.9 Å². The lowest BCUT2D eigenvalue weighted by Gasteiger charge is -2.50. The van der Waals surface area contributed by atoms with E-state index in [1.165, 1.54) is 0 Å². The van der Waals surface area contributed by atoms with Crippen molar-refractivity contribution in [3.8, 4) is 0 Å². The van der Waals surface area contributed by atoms with Crippen molar-refractivity contribution < 1.29 is 62.8 Å². The zero-order valence-electron chi connectivity index (χ0n) is 36.7. The van der Waals surface area contributed by atoms with E-state index in [0.29, 0.717) is 12.8 Å². The Kier molecular flexibility index (Phi) is 18.8. The molecule has 0 saturated carbocycles. The molecule has 0 aromatic rings.